The lowest BCUT2D eigenvalue weighted by Crippen LogP contribution is -2.10. The molecule has 0 aliphatic rings. The van der Waals surface area contributed by atoms with Crippen molar-refractivity contribution in [3.05, 3.63) is 40.4 Å². The van der Waals surface area contributed by atoms with Crippen LogP contribution in [0.4, 0.5) is 10.8 Å². The third-order valence-corrected chi connectivity index (χ3v) is 3.78. The number of benzene rings is 1. The van der Waals surface area contributed by atoms with Gasteiger partial charge in [0, 0.05) is 11.6 Å². The minimum atomic E-state index is -0.472. The number of nitrogen functional groups attached to an aromatic ring is 1. The van der Waals surface area contributed by atoms with Gasteiger partial charge in [-0.25, -0.2) is 4.79 Å². The predicted octanol–water partition coefficient (Wildman–Crippen LogP) is 3.17. The number of carbonyl (C=O) groups is 1. The second-order valence-electron chi connectivity index (χ2n) is 3.94. The first kappa shape index (κ1) is 14.6. The van der Waals surface area contributed by atoms with Crippen molar-refractivity contribution in [2.75, 3.05) is 17.7 Å². The van der Waals surface area contributed by atoms with Gasteiger partial charge in [0.2, 0.25) is 0 Å². The van der Waals surface area contributed by atoms with E-state index in [1.165, 1.54) is 0 Å². The van der Waals surface area contributed by atoms with E-state index in [1.54, 1.807) is 6.92 Å². The first-order valence-corrected chi connectivity index (χ1v) is 7.18. The molecule has 0 amide bonds. The molecule has 106 valence electrons. The van der Waals surface area contributed by atoms with E-state index in [9.17, 15) is 4.79 Å². The van der Waals surface area contributed by atoms with Crippen molar-refractivity contribution in [3.8, 4) is 0 Å². The summed E-state index contributed by atoms with van der Waals surface area (Å²) >= 11 is 7.20. The van der Waals surface area contributed by atoms with E-state index in [0.29, 0.717) is 16.6 Å². The second-order valence-corrected chi connectivity index (χ2v) is 5.12. The van der Waals surface area contributed by atoms with Crippen LogP contribution >= 0.6 is 23.1 Å². The van der Waals surface area contributed by atoms with Crippen LogP contribution in [0.15, 0.2) is 24.3 Å². The number of esters is 1. The zero-order chi connectivity index (χ0) is 14.5. The van der Waals surface area contributed by atoms with Crippen LogP contribution in [0.25, 0.3) is 0 Å². The van der Waals surface area contributed by atoms with E-state index in [1.807, 2.05) is 24.3 Å². The van der Waals surface area contributed by atoms with Crippen molar-refractivity contribution in [2.24, 2.45) is 0 Å². The summed E-state index contributed by atoms with van der Waals surface area (Å²) in [5, 5.41) is 4.37. The molecule has 0 aliphatic carbocycles. The molecule has 0 bridgehead atoms. The van der Waals surface area contributed by atoms with Gasteiger partial charge in [0.1, 0.15) is 10.6 Å². The molecule has 3 N–H and O–H groups in total. The molecule has 0 aliphatic heterocycles. The van der Waals surface area contributed by atoms with Crippen molar-refractivity contribution in [1.29, 1.82) is 0 Å². The van der Waals surface area contributed by atoms with Gasteiger partial charge < -0.3 is 15.8 Å². The Morgan fingerprint density at radius 2 is 2.25 bits per heavy atom. The number of rotatable bonds is 5. The van der Waals surface area contributed by atoms with Crippen LogP contribution in [0.1, 0.15) is 22.8 Å². The number of nitrogens with two attached hydrogens (primary N) is 1. The maximum absolute atomic E-state index is 11.8. The minimum Gasteiger partial charge on any atom is -0.462 e. The number of nitrogens with zero attached hydrogens (tertiary/aromatic N) is 1. The Morgan fingerprint density at radius 3 is 2.95 bits per heavy atom. The Bertz CT molecular complexity index is 615. The molecule has 7 heteroatoms. The van der Waals surface area contributed by atoms with Crippen LogP contribution in [0.3, 0.4) is 0 Å². The van der Waals surface area contributed by atoms with Gasteiger partial charge in [-0.05, 0) is 30.1 Å². The maximum atomic E-state index is 11.8. The highest BCUT2D eigenvalue weighted by Gasteiger charge is 2.20. The van der Waals surface area contributed by atoms with E-state index < -0.39 is 5.97 Å². The van der Waals surface area contributed by atoms with Crippen LogP contribution in [0.5, 0.6) is 0 Å². The van der Waals surface area contributed by atoms with Gasteiger partial charge in [-0.1, -0.05) is 29.8 Å². The largest absolute Gasteiger partial charge is 0.462 e. The third-order valence-electron chi connectivity index (χ3n) is 2.60. The standard InChI is InChI=1S/C13H14ClN3O2S/c1-2-19-13(18)10-11(15)17-20-12(10)16-7-8-5-3-4-6-9(8)14/h3-6,16H,2,7H2,1H3,(H2,15,17). The minimum absolute atomic E-state index is 0.176. The molecular weight excluding hydrogens is 298 g/mol. The number of hydrogen-bond acceptors (Lipinski definition) is 6. The highest BCUT2D eigenvalue weighted by Crippen LogP contribution is 2.28. The van der Waals surface area contributed by atoms with Crippen molar-refractivity contribution >= 4 is 39.9 Å². The molecule has 0 spiro atoms. The number of hydrogen-bond donors (Lipinski definition) is 2. The molecule has 0 saturated carbocycles. The van der Waals surface area contributed by atoms with Gasteiger partial charge in [-0.2, -0.15) is 4.37 Å². The highest BCUT2D eigenvalue weighted by molar-refractivity contribution is 7.11. The zero-order valence-electron chi connectivity index (χ0n) is 10.9. The van der Waals surface area contributed by atoms with E-state index in [0.717, 1.165) is 17.1 Å². The van der Waals surface area contributed by atoms with Crippen molar-refractivity contribution < 1.29 is 9.53 Å². The molecular formula is C13H14ClN3O2S. The lowest BCUT2D eigenvalue weighted by molar-refractivity contribution is 0.0529. The predicted molar refractivity (Wildman–Crippen MR) is 81.3 cm³/mol. The molecule has 0 radical (unpaired) electrons. The quantitative estimate of drug-likeness (QED) is 0.829. The molecule has 1 heterocycles. The first-order valence-electron chi connectivity index (χ1n) is 6.03. The van der Waals surface area contributed by atoms with Gasteiger partial charge in [-0.3, -0.25) is 0 Å². The summed E-state index contributed by atoms with van der Waals surface area (Å²) in [6, 6.07) is 7.48. The van der Waals surface area contributed by atoms with Crippen molar-refractivity contribution in [2.45, 2.75) is 13.5 Å². The molecule has 0 atom stereocenters. The average molecular weight is 312 g/mol. The van der Waals surface area contributed by atoms with Crippen molar-refractivity contribution in [3.63, 3.8) is 0 Å². The highest BCUT2D eigenvalue weighted by atomic mass is 35.5. The van der Waals surface area contributed by atoms with Crippen LogP contribution in [-0.4, -0.2) is 16.9 Å². The van der Waals surface area contributed by atoms with Crippen LogP contribution in [0.2, 0.25) is 5.02 Å². The van der Waals surface area contributed by atoms with Crippen molar-refractivity contribution in [1.82, 2.24) is 4.37 Å². The van der Waals surface area contributed by atoms with Crippen LogP contribution in [0, 0.1) is 0 Å². The van der Waals surface area contributed by atoms with E-state index in [4.69, 9.17) is 22.1 Å². The molecule has 0 unspecified atom stereocenters. The molecule has 2 aromatic rings. The summed E-state index contributed by atoms with van der Waals surface area (Å²) in [6.07, 6.45) is 0. The maximum Gasteiger partial charge on any atom is 0.344 e. The van der Waals surface area contributed by atoms with Crippen LogP contribution < -0.4 is 11.1 Å². The molecule has 0 fully saturated rings. The number of carbonyl (C=O) groups excluding carboxylic acids is 1. The normalized spacial score (nSPS) is 10.3. The van der Waals surface area contributed by atoms with Gasteiger partial charge in [-0.15, -0.1) is 0 Å². The summed E-state index contributed by atoms with van der Waals surface area (Å²) in [5.74, 6) is -0.296. The average Bonchev–Trinajstić information content (AvgIpc) is 2.79. The monoisotopic (exact) mass is 311 g/mol. The van der Waals surface area contributed by atoms with E-state index in [2.05, 4.69) is 9.69 Å². The summed E-state index contributed by atoms with van der Waals surface area (Å²) in [4.78, 5) is 11.8. The van der Waals surface area contributed by atoms with E-state index in [-0.39, 0.29) is 18.0 Å². The second kappa shape index (κ2) is 6.58. The summed E-state index contributed by atoms with van der Waals surface area (Å²) in [7, 11) is 0. The number of halogens is 1. The molecule has 20 heavy (non-hydrogen) atoms. The number of ether oxygens (including phenoxy) is 1. The Morgan fingerprint density at radius 1 is 1.50 bits per heavy atom. The fraction of sp³-hybridized carbons (Fsp3) is 0.231. The van der Waals surface area contributed by atoms with Crippen LogP contribution in [-0.2, 0) is 11.3 Å². The van der Waals surface area contributed by atoms with Gasteiger partial charge in [0.05, 0.1) is 6.61 Å². The molecule has 1 aromatic heterocycles. The topological polar surface area (TPSA) is 77.2 Å². The fourth-order valence-electron chi connectivity index (χ4n) is 1.64. The smallest absolute Gasteiger partial charge is 0.344 e. The SMILES string of the molecule is CCOC(=O)c1c(N)nsc1NCc1ccccc1Cl. The summed E-state index contributed by atoms with van der Waals surface area (Å²) in [5.41, 5.74) is 6.91. The van der Waals surface area contributed by atoms with E-state index >= 15 is 0 Å². The molecule has 2 rings (SSSR count). The number of anilines is 2. The van der Waals surface area contributed by atoms with Gasteiger partial charge >= 0.3 is 5.97 Å². The van der Waals surface area contributed by atoms with Gasteiger partial charge in [0.25, 0.3) is 0 Å². The third kappa shape index (κ3) is 3.20. The first-order chi connectivity index (χ1) is 9.63. The zero-order valence-corrected chi connectivity index (χ0v) is 12.4. The summed E-state index contributed by atoms with van der Waals surface area (Å²) < 4.78 is 8.94. The Kier molecular flexibility index (Phi) is 4.81. The molecule has 0 saturated heterocycles. The molecule has 1 aromatic carbocycles. The fourth-order valence-corrected chi connectivity index (χ4v) is 2.54. The number of aromatic nitrogens is 1. The Labute approximate surface area is 125 Å². The lowest BCUT2D eigenvalue weighted by atomic mass is 10.2. The molecule has 5 nitrogen and oxygen atoms in total. The lowest BCUT2D eigenvalue weighted by Gasteiger charge is -2.08. The Hall–Kier alpha value is -1.79. The van der Waals surface area contributed by atoms with Gasteiger partial charge in [0.15, 0.2) is 5.82 Å². The summed E-state index contributed by atoms with van der Waals surface area (Å²) in [6.45, 7) is 2.51. The Balaban J connectivity index is 2.14. The number of nitrogens with one attached hydrogen (secondary N) is 1.